The van der Waals surface area contributed by atoms with Crippen molar-refractivity contribution >= 4 is 5.91 Å². The van der Waals surface area contributed by atoms with Gasteiger partial charge in [-0.2, -0.15) is 5.10 Å². The fourth-order valence-corrected chi connectivity index (χ4v) is 3.52. The van der Waals surface area contributed by atoms with E-state index in [-0.39, 0.29) is 17.3 Å². The fraction of sp³-hybridized carbons (Fsp3) is 0.136. The first-order valence-electron chi connectivity index (χ1n) is 9.63. The summed E-state index contributed by atoms with van der Waals surface area (Å²) in [5.41, 5.74) is 2.83. The first-order chi connectivity index (χ1) is 15.1. The van der Waals surface area contributed by atoms with Gasteiger partial charge in [-0.3, -0.25) is 4.79 Å². The maximum Gasteiger partial charge on any atom is 0.253 e. The second-order valence-corrected chi connectivity index (χ2v) is 6.93. The number of carbonyl (C=O) groups is 1. The second kappa shape index (κ2) is 7.60. The molecule has 5 rings (SSSR count). The van der Waals surface area contributed by atoms with Crippen LogP contribution in [0.25, 0.3) is 28.5 Å². The Kier molecular flexibility index (Phi) is 4.62. The zero-order valence-electron chi connectivity index (χ0n) is 16.5. The lowest BCUT2D eigenvalue weighted by Crippen LogP contribution is -2.32. The zero-order valence-corrected chi connectivity index (χ0v) is 16.5. The van der Waals surface area contributed by atoms with Crippen LogP contribution in [0.15, 0.2) is 55.0 Å². The number of hydrogen-bond acceptors (Lipinski definition) is 6. The standard InChI is InChI=1S/C22H17FN6O2/c1-31-18-4-2-3-15(23)20(18)21-24-9-7-16(28-21)13-11-26-29(12-13)19-6-5-14-17(27-19)8-10-25-22(14)30/h2-7,9,11-12H,8,10H2,1H3,(H,25,30). The van der Waals surface area contributed by atoms with Gasteiger partial charge >= 0.3 is 0 Å². The summed E-state index contributed by atoms with van der Waals surface area (Å²) in [4.78, 5) is 25.2. The lowest BCUT2D eigenvalue weighted by Gasteiger charge is -2.15. The number of nitrogens with one attached hydrogen (secondary N) is 1. The van der Waals surface area contributed by atoms with Gasteiger partial charge in [-0.25, -0.2) is 24.0 Å². The van der Waals surface area contributed by atoms with Gasteiger partial charge in [0.05, 0.1) is 35.8 Å². The van der Waals surface area contributed by atoms with Crippen molar-refractivity contribution in [3.63, 3.8) is 0 Å². The molecule has 0 unspecified atom stereocenters. The van der Waals surface area contributed by atoms with Crippen LogP contribution in [0.5, 0.6) is 5.75 Å². The maximum atomic E-state index is 14.4. The minimum absolute atomic E-state index is 0.112. The molecule has 1 aliphatic heterocycles. The Bertz CT molecular complexity index is 1300. The third-order valence-corrected chi connectivity index (χ3v) is 5.04. The molecule has 9 heteroatoms. The number of halogens is 1. The number of fused-ring (bicyclic) bond motifs is 1. The smallest absolute Gasteiger partial charge is 0.253 e. The highest BCUT2D eigenvalue weighted by atomic mass is 19.1. The SMILES string of the molecule is COc1cccc(F)c1-c1nccc(-c2cnn(-c3ccc4c(n3)CCNC4=O)c2)n1. The highest BCUT2D eigenvalue weighted by Crippen LogP contribution is 2.31. The normalized spacial score (nSPS) is 12.9. The van der Waals surface area contributed by atoms with E-state index in [1.165, 1.54) is 13.2 Å². The molecule has 1 aliphatic rings. The summed E-state index contributed by atoms with van der Waals surface area (Å²) in [6, 6.07) is 9.79. The Hall–Kier alpha value is -4.14. The van der Waals surface area contributed by atoms with Crippen LogP contribution in [-0.4, -0.2) is 44.3 Å². The number of nitrogens with zero attached hydrogens (tertiary/aromatic N) is 5. The van der Waals surface area contributed by atoms with E-state index in [1.54, 1.807) is 53.6 Å². The fourth-order valence-electron chi connectivity index (χ4n) is 3.52. The summed E-state index contributed by atoms with van der Waals surface area (Å²) in [7, 11) is 1.47. The molecule has 0 bridgehead atoms. The maximum absolute atomic E-state index is 14.4. The van der Waals surface area contributed by atoms with Crippen LogP contribution in [0.2, 0.25) is 0 Å². The number of pyridine rings is 1. The number of benzene rings is 1. The Morgan fingerprint density at radius 1 is 1.16 bits per heavy atom. The Morgan fingerprint density at radius 2 is 2.06 bits per heavy atom. The van der Waals surface area contributed by atoms with Gasteiger partial charge in [0.15, 0.2) is 11.6 Å². The van der Waals surface area contributed by atoms with Crippen LogP contribution in [0.1, 0.15) is 16.1 Å². The van der Waals surface area contributed by atoms with Crippen LogP contribution >= 0.6 is 0 Å². The summed E-state index contributed by atoms with van der Waals surface area (Å²) in [6.07, 6.45) is 5.67. The summed E-state index contributed by atoms with van der Waals surface area (Å²) >= 11 is 0. The molecule has 154 valence electrons. The lowest BCUT2D eigenvalue weighted by molar-refractivity contribution is 0.0945. The van der Waals surface area contributed by atoms with Crippen LogP contribution in [-0.2, 0) is 6.42 Å². The van der Waals surface area contributed by atoms with E-state index in [9.17, 15) is 9.18 Å². The van der Waals surface area contributed by atoms with E-state index >= 15 is 0 Å². The van der Waals surface area contributed by atoms with Gasteiger partial charge in [-0.1, -0.05) is 6.07 Å². The number of aromatic nitrogens is 5. The van der Waals surface area contributed by atoms with E-state index in [0.29, 0.717) is 35.8 Å². The van der Waals surface area contributed by atoms with Crippen molar-refractivity contribution in [2.75, 3.05) is 13.7 Å². The van der Waals surface area contributed by atoms with Crippen molar-refractivity contribution < 1.29 is 13.9 Å². The topological polar surface area (TPSA) is 94.8 Å². The zero-order chi connectivity index (χ0) is 21.4. The molecular formula is C22H17FN6O2. The lowest BCUT2D eigenvalue weighted by atomic mass is 10.1. The molecule has 8 nitrogen and oxygen atoms in total. The molecule has 4 heterocycles. The molecule has 0 fully saturated rings. The van der Waals surface area contributed by atoms with Gasteiger partial charge in [0.2, 0.25) is 0 Å². The molecule has 1 aromatic carbocycles. The molecule has 1 N–H and O–H groups in total. The van der Waals surface area contributed by atoms with E-state index in [4.69, 9.17) is 4.74 Å². The first kappa shape index (κ1) is 18.9. The minimum Gasteiger partial charge on any atom is -0.496 e. The monoisotopic (exact) mass is 416 g/mol. The highest BCUT2D eigenvalue weighted by molar-refractivity contribution is 5.96. The number of rotatable bonds is 4. The molecule has 3 aromatic heterocycles. The van der Waals surface area contributed by atoms with Gasteiger partial charge in [-0.15, -0.1) is 0 Å². The van der Waals surface area contributed by atoms with Crippen molar-refractivity contribution in [1.82, 2.24) is 30.0 Å². The molecule has 4 aromatic rings. The summed E-state index contributed by atoms with van der Waals surface area (Å²) in [6.45, 7) is 0.565. The Balaban J connectivity index is 1.50. The molecule has 0 spiro atoms. The number of carbonyl (C=O) groups excluding carboxylic acids is 1. The highest BCUT2D eigenvalue weighted by Gasteiger charge is 2.19. The van der Waals surface area contributed by atoms with Crippen molar-refractivity contribution in [2.24, 2.45) is 0 Å². The molecule has 0 atom stereocenters. The summed E-state index contributed by atoms with van der Waals surface area (Å²) in [5.74, 6) is 0.603. The van der Waals surface area contributed by atoms with E-state index in [2.05, 4.69) is 25.4 Å². The number of methoxy groups -OCH3 is 1. The number of ether oxygens (including phenoxy) is 1. The van der Waals surface area contributed by atoms with Gasteiger partial charge in [0.1, 0.15) is 11.6 Å². The average Bonchev–Trinajstić information content (AvgIpc) is 3.29. The van der Waals surface area contributed by atoms with E-state index < -0.39 is 5.82 Å². The van der Waals surface area contributed by atoms with Crippen molar-refractivity contribution in [2.45, 2.75) is 6.42 Å². The molecule has 0 radical (unpaired) electrons. The molecular weight excluding hydrogens is 399 g/mol. The number of hydrogen-bond donors (Lipinski definition) is 1. The Labute approximate surface area is 176 Å². The van der Waals surface area contributed by atoms with Gasteiger partial charge in [-0.05, 0) is 30.3 Å². The van der Waals surface area contributed by atoms with Gasteiger partial charge < -0.3 is 10.1 Å². The van der Waals surface area contributed by atoms with Crippen LogP contribution in [0, 0.1) is 5.82 Å². The Morgan fingerprint density at radius 3 is 2.94 bits per heavy atom. The minimum atomic E-state index is -0.463. The second-order valence-electron chi connectivity index (χ2n) is 6.93. The molecule has 1 amide bonds. The third kappa shape index (κ3) is 3.39. The number of amides is 1. The van der Waals surface area contributed by atoms with Gasteiger partial charge in [0.25, 0.3) is 5.91 Å². The summed E-state index contributed by atoms with van der Waals surface area (Å²) < 4.78 is 21.3. The molecule has 31 heavy (non-hydrogen) atoms. The predicted octanol–water partition coefficient (Wildman–Crippen LogP) is 2.82. The van der Waals surface area contributed by atoms with Crippen LogP contribution in [0.4, 0.5) is 4.39 Å². The van der Waals surface area contributed by atoms with Crippen LogP contribution in [0.3, 0.4) is 0 Å². The average molecular weight is 416 g/mol. The molecule has 0 aliphatic carbocycles. The summed E-state index contributed by atoms with van der Waals surface area (Å²) in [5, 5.41) is 7.18. The van der Waals surface area contributed by atoms with Crippen molar-refractivity contribution in [1.29, 1.82) is 0 Å². The third-order valence-electron chi connectivity index (χ3n) is 5.04. The van der Waals surface area contributed by atoms with Crippen molar-refractivity contribution in [3.8, 4) is 34.2 Å². The van der Waals surface area contributed by atoms with Crippen LogP contribution < -0.4 is 10.1 Å². The quantitative estimate of drug-likeness (QED) is 0.550. The van der Waals surface area contributed by atoms with E-state index in [0.717, 1.165) is 11.3 Å². The molecule has 0 saturated carbocycles. The van der Waals surface area contributed by atoms with E-state index in [1.807, 2.05) is 0 Å². The van der Waals surface area contributed by atoms with Crippen molar-refractivity contribution in [3.05, 3.63) is 72.1 Å². The largest absolute Gasteiger partial charge is 0.496 e. The van der Waals surface area contributed by atoms with Gasteiger partial charge in [0, 0.05) is 30.9 Å². The molecule has 0 saturated heterocycles. The predicted molar refractivity (Wildman–Crippen MR) is 110 cm³/mol. The first-order valence-corrected chi connectivity index (χ1v) is 9.63.